The van der Waals surface area contributed by atoms with Crippen LogP contribution in [0.15, 0.2) is 66.9 Å². The molecule has 2 nitrogen and oxygen atoms in total. The van der Waals surface area contributed by atoms with Crippen LogP contribution in [-0.4, -0.2) is 9.97 Å². The summed E-state index contributed by atoms with van der Waals surface area (Å²) in [6.45, 7) is 0. The minimum Gasteiger partial charge on any atom is -0.295 e. The normalized spacial score (nSPS) is 9.55. The first-order valence-corrected chi connectivity index (χ1v) is 12.4. The molecule has 0 bridgehead atoms. The van der Waals surface area contributed by atoms with Crippen molar-refractivity contribution < 1.29 is 16.1 Å². The number of nitrogens with zero attached hydrogens (tertiary/aromatic N) is 2. The molecular weight excluding hydrogens is 542 g/mol. The summed E-state index contributed by atoms with van der Waals surface area (Å²) in [4.78, 5) is 8.93. The molecule has 0 saturated carbocycles. The van der Waals surface area contributed by atoms with Crippen molar-refractivity contribution in [2.75, 3.05) is 0 Å². The van der Waals surface area contributed by atoms with Crippen LogP contribution in [0.3, 0.4) is 0 Å². The van der Waals surface area contributed by atoms with Gasteiger partial charge in [-0.3, -0.25) is 9.97 Å². The standard InChI is InChI=1S/C16H11N2.HI.Pt/c1-2-7-13(8-3-1)14-10-6-11-16(18-14)15-9-4-5-12-17-15;;/h1-7,9-12H;1H;/q-1;;+2/p-1. The van der Waals surface area contributed by atoms with Crippen molar-refractivity contribution in [2.45, 2.75) is 0 Å². The molecule has 0 unspecified atom stereocenters. The zero-order chi connectivity index (χ0) is 14.2. The van der Waals surface area contributed by atoms with E-state index in [2.05, 4.69) is 51.5 Å². The van der Waals surface area contributed by atoms with Gasteiger partial charge in [-0.25, -0.2) is 0 Å². The molecule has 0 saturated heterocycles. The Labute approximate surface area is 140 Å². The van der Waals surface area contributed by atoms with Crippen molar-refractivity contribution in [2.24, 2.45) is 0 Å². The summed E-state index contributed by atoms with van der Waals surface area (Å²) in [5, 5.41) is 0. The van der Waals surface area contributed by atoms with Crippen LogP contribution in [0.2, 0.25) is 0 Å². The molecule has 0 atom stereocenters. The summed E-state index contributed by atoms with van der Waals surface area (Å²) < 4.78 is 0. The fourth-order valence-electron chi connectivity index (χ4n) is 1.79. The molecular formula is C16H11IN2Pt. The van der Waals surface area contributed by atoms with Crippen molar-refractivity contribution in [3.63, 3.8) is 0 Å². The molecule has 0 N–H and O–H groups in total. The van der Waals surface area contributed by atoms with Gasteiger partial charge in [0, 0.05) is 6.20 Å². The van der Waals surface area contributed by atoms with Gasteiger partial charge in [-0.15, -0.1) is 35.9 Å². The molecule has 0 radical (unpaired) electrons. The average molecular weight is 553 g/mol. The molecule has 3 aromatic rings. The molecule has 102 valence electrons. The Kier molecular flexibility index (Phi) is 6.34. The maximum atomic E-state index is 4.62. The first kappa shape index (κ1) is 15.3. The number of hydrogen-bond donors (Lipinski definition) is 0. The van der Waals surface area contributed by atoms with Crippen LogP contribution in [0, 0.1) is 6.07 Å². The maximum Gasteiger partial charge on any atom is 0.0876 e. The van der Waals surface area contributed by atoms with Gasteiger partial charge in [0.2, 0.25) is 0 Å². The van der Waals surface area contributed by atoms with E-state index < -0.39 is 0 Å². The Hall–Kier alpha value is -1.06. The van der Waals surface area contributed by atoms with Gasteiger partial charge in [-0.05, 0) is 23.9 Å². The molecule has 2 heterocycles. The molecule has 20 heavy (non-hydrogen) atoms. The summed E-state index contributed by atoms with van der Waals surface area (Å²) in [5.41, 5.74) is 3.68. The van der Waals surface area contributed by atoms with Gasteiger partial charge in [0.1, 0.15) is 0 Å². The molecule has 0 aliphatic rings. The third-order valence-electron chi connectivity index (χ3n) is 2.66. The van der Waals surface area contributed by atoms with E-state index in [-0.39, 0.29) is 0 Å². The van der Waals surface area contributed by atoms with Gasteiger partial charge in [-0.2, -0.15) is 0 Å². The van der Waals surface area contributed by atoms with E-state index in [1.54, 1.807) is 6.20 Å². The Morgan fingerprint density at radius 3 is 2.25 bits per heavy atom. The van der Waals surface area contributed by atoms with E-state index >= 15 is 0 Å². The van der Waals surface area contributed by atoms with Crippen LogP contribution < -0.4 is 0 Å². The Balaban J connectivity index is 0.000000704. The smallest absolute Gasteiger partial charge is 0.0876 e. The van der Waals surface area contributed by atoms with Crippen LogP contribution in [0.25, 0.3) is 22.6 Å². The largest absolute Gasteiger partial charge is 0.295 e. The minimum absolute atomic E-state index is 0.880. The molecule has 0 spiro atoms. The van der Waals surface area contributed by atoms with Crippen molar-refractivity contribution in [1.82, 2.24) is 9.97 Å². The molecule has 1 aromatic carbocycles. The van der Waals surface area contributed by atoms with Crippen LogP contribution in [0.4, 0.5) is 0 Å². The monoisotopic (exact) mass is 553 g/mol. The molecule has 3 rings (SSSR count). The molecule has 0 amide bonds. The van der Waals surface area contributed by atoms with Crippen LogP contribution >= 0.6 is 19.4 Å². The number of hydrogen-bond acceptors (Lipinski definition) is 2. The van der Waals surface area contributed by atoms with E-state index in [0.29, 0.717) is 0 Å². The molecule has 0 fully saturated rings. The van der Waals surface area contributed by atoms with E-state index in [9.17, 15) is 0 Å². The third-order valence-corrected chi connectivity index (χ3v) is 2.66. The van der Waals surface area contributed by atoms with Crippen molar-refractivity contribution in [1.29, 1.82) is 0 Å². The fourth-order valence-corrected chi connectivity index (χ4v) is 1.79. The minimum atomic E-state index is 0.880. The SMILES string of the molecule is [I][Pt+].[c-]1ccccc1-c1cccc(-c2ccccn2)n1. The topological polar surface area (TPSA) is 25.8 Å². The molecule has 4 heteroatoms. The van der Waals surface area contributed by atoms with Gasteiger partial charge < -0.3 is 0 Å². The summed E-state index contributed by atoms with van der Waals surface area (Å²) in [7, 11) is 0. The first-order valence-electron chi connectivity index (χ1n) is 5.91. The second kappa shape index (κ2) is 8.28. The van der Waals surface area contributed by atoms with Gasteiger partial charge in [-0.1, -0.05) is 18.2 Å². The third kappa shape index (κ3) is 3.97. The van der Waals surface area contributed by atoms with Gasteiger partial charge in [0.05, 0.1) is 11.4 Å². The molecule has 0 aliphatic carbocycles. The maximum absolute atomic E-state index is 4.62. The average Bonchev–Trinajstić information content (AvgIpc) is 2.58. The molecule has 0 aliphatic heterocycles. The van der Waals surface area contributed by atoms with Crippen LogP contribution in [0.5, 0.6) is 0 Å². The predicted octanol–water partition coefficient (Wildman–Crippen LogP) is 4.49. The zero-order valence-corrected chi connectivity index (χ0v) is 14.9. The number of aromatic nitrogens is 2. The van der Waals surface area contributed by atoms with E-state index in [4.69, 9.17) is 0 Å². The quantitative estimate of drug-likeness (QED) is 0.346. The van der Waals surface area contributed by atoms with Crippen LogP contribution in [-0.2, 0) is 16.1 Å². The number of benzene rings is 1. The molecule has 2 aromatic heterocycles. The Bertz CT molecular complexity index is 590. The van der Waals surface area contributed by atoms with E-state index in [0.717, 1.165) is 22.6 Å². The second-order valence-corrected chi connectivity index (χ2v) is 3.90. The van der Waals surface area contributed by atoms with Gasteiger partial charge in [0.15, 0.2) is 0 Å². The summed E-state index contributed by atoms with van der Waals surface area (Å²) >= 11 is 4.23. The zero-order valence-electron chi connectivity index (χ0n) is 10.4. The number of halogens is 1. The van der Waals surface area contributed by atoms with E-state index in [1.807, 2.05) is 60.7 Å². The van der Waals surface area contributed by atoms with E-state index in [1.165, 1.54) is 0 Å². The Morgan fingerprint density at radius 2 is 1.55 bits per heavy atom. The van der Waals surface area contributed by atoms with Crippen molar-refractivity contribution in [3.05, 3.63) is 72.9 Å². The van der Waals surface area contributed by atoms with Crippen LogP contribution in [0.1, 0.15) is 0 Å². The van der Waals surface area contributed by atoms with Crippen molar-refractivity contribution >= 4 is 19.4 Å². The number of rotatable bonds is 2. The summed E-state index contributed by atoms with van der Waals surface area (Å²) in [5.74, 6) is 0. The van der Waals surface area contributed by atoms with Gasteiger partial charge in [0.25, 0.3) is 0 Å². The first-order chi connectivity index (χ1) is 9.93. The number of pyridine rings is 2. The predicted molar refractivity (Wildman–Crippen MR) is 85.8 cm³/mol. The summed E-state index contributed by atoms with van der Waals surface area (Å²) in [6, 6.07) is 22.8. The summed E-state index contributed by atoms with van der Waals surface area (Å²) in [6.07, 6.45) is 1.78. The second-order valence-electron chi connectivity index (χ2n) is 3.90. The van der Waals surface area contributed by atoms with Gasteiger partial charge >= 0.3 is 35.5 Å². The fraction of sp³-hybridized carbons (Fsp3) is 0. The Morgan fingerprint density at radius 1 is 0.800 bits per heavy atom. The van der Waals surface area contributed by atoms with Crippen molar-refractivity contribution in [3.8, 4) is 22.6 Å².